The van der Waals surface area contributed by atoms with Crippen molar-refractivity contribution in [2.75, 3.05) is 0 Å². The number of rotatable bonds is 2. The first-order valence-electron chi connectivity index (χ1n) is 7.16. The minimum absolute atomic E-state index is 0.241. The minimum Gasteiger partial charge on any atom is -0.267 e. The van der Waals surface area contributed by atoms with Gasteiger partial charge in [0.15, 0.2) is 5.82 Å². The van der Waals surface area contributed by atoms with Crippen LogP contribution in [-0.2, 0) is 7.05 Å². The molecule has 4 rings (SSSR count). The molecule has 0 aliphatic rings. The molecule has 0 spiro atoms. The van der Waals surface area contributed by atoms with E-state index in [1.165, 1.54) is 24.0 Å². The Hall–Kier alpha value is -3.69. The lowest BCUT2D eigenvalue weighted by Gasteiger charge is -2.03. The Morgan fingerprint density at radius 3 is 2.72 bits per heavy atom. The molecule has 0 aliphatic heterocycles. The lowest BCUT2D eigenvalue weighted by atomic mass is 10.4. The third-order valence-corrected chi connectivity index (χ3v) is 3.60. The predicted octanol–water partition coefficient (Wildman–Crippen LogP) is 0.199. The highest BCUT2D eigenvalue weighted by Crippen LogP contribution is 2.15. The highest BCUT2D eigenvalue weighted by atomic mass is 19.1. The molecule has 9 nitrogen and oxygen atoms in total. The summed E-state index contributed by atoms with van der Waals surface area (Å²) in [6.45, 7) is 0. The molecule has 4 heterocycles. The van der Waals surface area contributed by atoms with Crippen molar-refractivity contribution >= 4 is 11.0 Å². The molecule has 0 fully saturated rings. The summed E-state index contributed by atoms with van der Waals surface area (Å²) in [6, 6.07) is 4.50. The maximum absolute atomic E-state index is 13.3. The second kappa shape index (κ2) is 5.44. The fraction of sp³-hybridized carbons (Fsp3) is 0.0667. The van der Waals surface area contributed by atoms with Crippen molar-refractivity contribution in [2.45, 2.75) is 0 Å². The van der Waals surface area contributed by atoms with E-state index in [4.69, 9.17) is 0 Å². The van der Waals surface area contributed by atoms with E-state index in [2.05, 4.69) is 20.2 Å². The number of fused-ring (bicyclic) bond motifs is 1. The highest BCUT2D eigenvalue weighted by molar-refractivity contribution is 5.75. The van der Waals surface area contributed by atoms with Gasteiger partial charge < -0.3 is 0 Å². The molecule has 0 saturated carbocycles. The largest absolute Gasteiger partial charge is 0.353 e. The maximum atomic E-state index is 13.3. The van der Waals surface area contributed by atoms with Gasteiger partial charge in [-0.25, -0.2) is 18.9 Å². The van der Waals surface area contributed by atoms with Crippen molar-refractivity contribution in [3.05, 3.63) is 69.6 Å². The summed E-state index contributed by atoms with van der Waals surface area (Å²) in [5, 5.41) is 8.11. The zero-order chi connectivity index (χ0) is 17.6. The monoisotopic (exact) mass is 339 g/mol. The molecule has 0 saturated heterocycles. The molecule has 4 aromatic rings. The van der Waals surface area contributed by atoms with Crippen LogP contribution in [0.1, 0.15) is 0 Å². The van der Waals surface area contributed by atoms with Gasteiger partial charge in [0.2, 0.25) is 0 Å². The van der Waals surface area contributed by atoms with Gasteiger partial charge in [0.25, 0.3) is 5.56 Å². The van der Waals surface area contributed by atoms with Crippen LogP contribution in [0.3, 0.4) is 0 Å². The van der Waals surface area contributed by atoms with Crippen molar-refractivity contribution in [1.29, 1.82) is 0 Å². The van der Waals surface area contributed by atoms with Gasteiger partial charge in [0.1, 0.15) is 23.0 Å². The number of pyridine rings is 2. The second-order valence-corrected chi connectivity index (χ2v) is 5.25. The van der Waals surface area contributed by atoms with E-state index in [0.29, 0.717) is 16.7 Å². The molecule has 0 bridgehead atoms. The molecule has 0 aromatic carbocycles. The van der Waals surface area contributed by atoms with E-state index in [1.54, 1.807) is 18.3 Å². The van der Waals surface area contributed by atoms with Crippen molar-refractivity contribution in [1.82, 2.24) is 34.1 Å². The molecule has 0 N–H and O–H groups in total. The fourth-order valence-electron chi connectivity index (χ4n) is 2.31. The Kier molecular flexibility index (Phi) is 3.24. The van der Waals surface area contributed by atoms with Gasteiger partial charge >= 0.3 is 5.69 Å². The number of aromatic nitrogens is 7. The molecule has 0 unspecified atom stereocenters. The zero-order valence-electron chi connectivity index (χ0n) is 12.9. The van der Waals surface area contributed by atoms with E-state index in [9.17, 15) is 14.0 Å². The quantitative estimate of drug-likeness (QED) is 0.517. The first-order valence-corrected chi connectivity index (χ1v) is 7.16. The van der Waals surface area contributed by atoms with Gasteiger partial charge in [-0.05, 0) is 12.1 Å². The Morgan fingerprint density at radius 1 is 1.08 bits per heavy atom. The van der Waals surface area contributed by atoms with Crippen LogP contribution in [0.25, 0.3) is 22.5 Å². The summed E-state index contributed by atoms with van der Waals surface area (Å²) in [6.07, 6.45) is 5.19. The molecule has 0 amide bonds. The number of hydrogen-bond donors (Lipinski definition) is 0. The minimum atomic E-state index is -0.610. The molecule has 25 heavy (non-hydrogen) atoms. The summed E-state index contributed by atoms with van der Waals surface area (Å²) in [7, 11) is 1.36. The molecular formula is C15H10FN7O2. The first-order chi connectivity index (χ1) is 12.0. The van der Waals surface area contributed by atoms with Gasteiger partial charge in [-0.1, -0.05) is 0 Å². The van der Waals surface area contributed by atoms with Gasteiger partial charge in [-0.2, -0.15) is 14.9 Å². The third-order valence-electron chi connectivity index (χ3n) is 3.60. The lowest BCUT2D eigenvalue weighted by Crippen LogP contribution is -2.38. The van der Waals surface area contributed by atoms with Crippen LogP contribution in [0.15, 0.2) is 52.6 Å². The van der Waals surface area contributed by atoms with E-state index < -0.39 is 17.1 Å². The molecule has 0 atom stereocenters. The Labute approximate surface area is 138 Å². The topological polar surface area (TPSA) is 100 Å². The molecular weight excluding hydrogens is 329 g/mol. The fourth-order valence-corrected chi connectivity index (χ4v) is 2.31. The summed E-state index contributed by atoms with van der Waals surface area (Å²) in [5.41, 5.74) is 0.349. The van der Waals surface area contributed by atoms with E-state index in [0.717, 1.165) is 21.6 Å². The first kappa shape index (κ1) is 14.9. The van der Waals surface area contributed by atoms with Crippen LogP contribution in [0.5, 0.6) is 0 Å². The zero-order valence-corrected chi connectivity index (χ0v) is 12.9. The SMILES string of the molecule is Cn1c(=O)cnn(-c2ccc3nn(-c4cncc(F)c4)cc3n2)c1=O. The van der Waals surface area contributed by atoms with Crippen LogP contribution >= 0.6 is 0 Å². The Balaban J connectivity index is 1.85. The summed E-state index contributed by atoms with van der Waals surface area (Å²) >= 11 is 0. The maximum Gasteiger partial charge on any atom is 0.353 e. The highest BCUT2D eigenvalue weighted by Gasteiger charge is 2.10. The molecule has 10 heteroatoms. The Morgan fingerprint density at radius 2 is 1.92 bits per heavy atom. The lowest BCUT2D eigenvalue weighted by molar-refractivity contribution is 0.618. The molecule has 0 radical (unpaired) electrons. The van der Waals surface area contributed by atoms with E-state index in [-0.39, 0.29) is 5.82 Å². The van der Waals surface area contributed by atoms with Gasteiger partial charge in [0.05, 0.1) is 24.3 Å². The van der Waals surface area contributed by atoms with Crippen LogP contribution in [0, 0.1) is 5.82 Å². The van der Waals surface area contributed by atoms with Gasteiger partial charge in [0, 0.05) is 13.1 Å². The third kappa shape index (κ3) is 2.49. The van der Waals surface area contributed by atoms with Crippen molar-refractivity contribution < 1.29 is 4.39 Å². The number of hydrogen-bond acceptors (Lipinski definition) is 6. The van der Waals surface area contributed by atoms with Crippen LogP contribution in [0.4, 0.5) is 4.39 Å². The van der Waals surface area contributed by atoms with Crippen LogP contribution in [0.2, 0.25) is 0 Å². The van der Waals surface area contributed by atoms with Gasteiger partial charge in [-0.3, -0.25) is 14.3 Å². The number of nitrogens with zero attached hydrogens (tertiary/aromatic N) is 7. The molecule has 0 aliphatic carbocycles. The predicted molar refractivity (Wildman–Crippen MR) is 85.3 cm³/mol. The normalized spacial score (nSPS) is 11.1. The van der Waals surface area contributed by atoms with Crippen molar-refractivity contribution in [2.24, 2.45) is 7.05 Å². The second-order valence-electron chi connectivity index (χ2n) is 5.25. The van der Waals surface area contributed by atoms with E-state index in [1.807, 2.05) is 0 Å². The molecule has 124 valence electrons. The van der Waals surface area contributed by atoms with Crippen LogP contribution in [-0.4, -0.2) is 34.1 Å². The molecule has 4 aromatic heterocycles. The van der Waals surface area contributed by atoms with Gasteiger partial charge in [-0.15, -0.1) is 0 Å². The summed E-state index contributed by atoms with van der Waals surface area (Å²) < 4.78 is 16.7. The summed E-state index contributed by atoms with van der Waals surface area (Å²) in [4.78, 5) is 31.7. The average molecular weight is 339 g/mol. The van der Waals surface area contributed by atoms with Crippen LogP contribution < -0.4 is 11.2 Å². The van der Waals surface area contributed by atoms with E-state index >= 15 is 0 Å². The number of halogens is 1. The smallest absolute Gasteiger partial charge is 0.267 e. The van der Waals surface area contributed by atoms with Crippen molar-refractivity contribution in [3.63, 3.8) is 0 Å². The summed E-state index contributed by atoms with van der Waals surface area (Å²) in [5.74, 6) is -0.239. The average Bonchev–Trinajstić information content (AvgIpc) is 3.03. The van der Waals surface area contributed by atoms with Crippen molar-refractivity contribution in [3.8, 4) is 11.5 Å². The Bertz CT molecular complexity index is 1220. The standard InChI is InChI=1S/C15H10FN7O2/c1-21-14(24)7-18-23(15(21)25)13-3-2-11-12(19-13)8-22(20-11)10-4-9(16)5-17-6-10/h2-8H,1H3.